The maximum Gasteiger partial charge on any atom is 0.236 e. The van der Waals surface area contributed by atoms with Gasteiger partial charge in [0.25, 0.3) is 0 Å². The van der Waals surface area contributed by atoms with Crippen molar-refractivity contribution in [2.24, 2.45) is 0 Å². The molecule has 0 atom stereocenters. The molecule has 1 aliphatic carbocycles. The van der Waals surface area contributed by atoms with Crippen LogP contribution in [0.2, 0.25) is 0 Å². The number of nitrogens with one attached hydrogen (secondary N) is 2. The number of carbonyl (C=O) groups excluding carboxylic acids is 1. The summed E-state index contributed by atoms with van der Waals surface area (Å²) in [7, 11) is 0. The van der Waals surface area contributed by atoms with E-state index >= 15 is 0 Å². The van der Waals surface area contributed by atoms with Crippen LogP contribution in [0.3, 0.4) is 0 Å². The van der Waals surface area contributed by atoms with Crippen LogP contribution in [-0.2, 0) is 14.4 Å². The molecule has 0 spiro atoms. The summed E-state index contributed by atoms with van der Waals surface area (Å²) >= 11 is 0. The summed E-state index contributed by atoms with van der Waals surface area (Å²) in [5.74, 6) is 0.00916. The minimum atomic E-state index is 0.00916. The average Bonchev–Trinajstić information content (AvgIpc) is 2.83. The molecule has 0 aromatic rings. The van der Waals surface area contributed by atoms with E-state index in [1.165, 1.54) is 12.8 Å². The van der Waals surface area contributed by atoms with Gasteiger partial charge in [0.2, 0.25) is 5.91 Å². The normalized spacial score (nSPS) is 22.8. The zero-order chi connectivity index (χ0) is 11.9. The highest BCUT2D eigenvalue weighted by Crippen LogP contribution is 2.19. The fourth-order valence-electron chi connectivity index (χ4n) is 2.35. The van der Waals surface area contributed by atoms with Crippen LogP contribution in [-0.4, -0.2) is 37.8 Å². The van der Waals surface area contributed by atoms with E-state index in [1.54, 1.807) is 0 Å². The monoisotopic (exact) mass is 242 g/mol. The molecule has 5 heteroatoms. The molecular weight excluding hydrogens is 220 g/mol. The third kappa shape index (κ3) is 4.61. The van der Waals surface area contributed by atoms with Crippen LogP contribution in [0.15, 0.2) is 0 Å². The Hall–Kier alpha value is -0.650. The molecule has 1 saturated heterocycles. The Bertz CT molecular complexity index is 236. The Morgan fingerprint density at radius 1 is 1.18 bits per heavy atom. The summed E-state index contributed by atoms with van der Waals surface area (Å²) in [5, 5.41) is 2.98. The first-order valence-electron chi connectivity index (χ1n) is 6.60. The summed E-state index contributed by atoms with van der Waals surface area (Å²) in [6, 6.07) is 0.268. The SMILES string of the molecule is O=C(CNOC1CCCC1)NC1CCOCC1. The summed E-state index contributed by atoms with van der Waals surface area (Å²) in [6.07, 6.45) is 6.81. The van der Waals surface area contributed by atoms with E-state index in [1.807, 2.05) is 0 Å². The second-order valence-corrected chi connectivity index (χ2v) is 4.80. The van der Waals surface area contributed by atoms with Gasteiger partial charge in [0.15, 0.2) is 0 Å². The first kappa shape index (κ1) is 12.8. The maximum absolute atomic E-state index is 11.6. The molecule has 5 nitrogen and oxygen atoms in total. The fourth-order valence-corrected chi connectivity index (χ4v) is 2.35. The van der Waals surface area contributed by atoms with Crippen LogP contribution in [0.4, 0.5) is 0 Å². The second kappa shape index (κ2) is 6.93. The predicted molar refractivity (Wildman–Crippen MR) is 63.3 cm³/mol. The van der Waals surface area contributed by atoms with Gasteiger partial charge in [-0.05, 0) is 25.7 Å². The van der Waals surface area contributed by atoms with Gasteiger partial charge >= 0.3 is 0 Å². The molecular formula is C12H22N2O3. The highest BCUT2D eigenvalue weighted by atomic mass is 16.7. The van der Waals surface area contributed by atoms with Crippen molar-refractivity contribution in [2.45, 2.75) is 50.7 Å². The zero-order valence-corrected chi connectivity index (χ0v) is 10.2. The largest absolute Gasteiger partial charge is 0.381 e. The van der Waals surface area contributed by atoms with E-state index in [2.05, 4.69) is 10.8 Å². The van der Waals surface area contributed by atoms with Crippen molar-refractivity contribution in [2.75, 3.05) is 19.8 Å². The first-order valence-corrected chi connectivity index (χ1v) is 6.60. The smallest absolute Gasteiger partial charge is 0.236 e. The average molecular weight is 242 g/mol. The van der Waals surface area contributed by atoms with Crippen LogP contribution in [0, 0.1) is 0 Å². The van der Waals surface area contributed by atoms with E-state index < -0.39 is 0 Å². The molecule has 1 amide bonds. The van der Waals surface area contributed by atoms with Gasteiger partial charge in [-0.25, -0.2) is 0 Å². The van der Waals surface area contributed by atoms with E-state index in [0.29, 0.717) is 6.10 Å². The molecule has 2 aliphatic rings. The molecule has 2 rings (SSSR count). The Morgan fingerprint density at radius 2 is 1.88 bits per heavy atom. The molecule has 98 valence electrons. The van der Waals surface area contributed by atoms with Crippen LogP contribution in [0.25, 0.3) is 0 Å². The molecule has 0 bridgehead atoms. The number of hydrogen-bond acceptors (Lipinski definition) is 4. The number of hydroxylamine groups is 1. The minimum Gasteiger partial charge on any atom is -0.381 e. The van der Waals surface area contributed by atoms with Gasteiger partial charge in [-0.15, -0.1) is 0 Å². The summed E-state index contributed by atoms with van der Waals surface area (Å²) < 4.78 is 5.24. The highest BCUT2D eigenvalue weighted by molar-refractivity contribution is 5.78. The third-order valence-electron chi connectivity index (χ3n) is 3.37. The predicted octanol–water partition coefficient (Wildman–Crippen LogP) is 0.745. The molecule has 1 saturated carbocycles. The van der Waals surface area contributed by atoms with Crippen LogP contribution in [0.5, 0.6) is 0 Å². The lowest BCUT2D eigenvalue weighted by Crippen LogP contribution is -2.43. The van der Waals surface area contributed by atoms with Crippen molar-refractivity contribution in [3.05, 3.63) is 0 Å². The van der Waals surface area contributed by atoms with Gasteiger partial charge in [-0.3, -0.25) is 9.63 Å². The van der Waals surface area contributed by atoms with Crippen LogP contribution >= 0.6 is 0 Å². The third-order valence-corrected chi connectivity index (χ3v) is 3.37. The zero-order valence-electron chi connectivity index (χ0n) is 10.2. The number of rotatable bonds is 5. The van der Waals surface area contributed by atoms with Crippen molar-refractivity contribution >= 4 is 5.91 Å². The molecule has 17 heavy (non-hydrogen) atoms. The Kier molecular flexibility index (Phi) is 5.22. The second-order valence-electron chi connectivity index (χ2n) is 4.80. The first-order chi connectivity index (χ1) is 8.34. The Labute approximate surface area is 102 Å². The lowest BCUT2D eigenvalue weighted by atomic mass is 10.1. The summed E-state index contributed by atoms with van der Waals surface area (Å²) in [6.45, 7) is 1.74. The molecule has 1 aliphatic heterocycles. The maximum atomic E-state index is 11.6. The van der Waals surface area contributed by atoms with Crippen molar-refractivity contribution in [1.29, 1.82) is 0 Å². The summed E-state index contributed by atoms with van der Waals surface area (Å²) in [5.41, 5.74) is 2.77. The molecule has 0 aromatic carbocycles. The number of hydrogen-bond donors (Lipinski definition) is 2. The standard InChI is InChI=1S/C12H22N2O3/c15-12(14-10-5-7-16-8-6-10)9-13-17-11-3-1-2-4-11/h10-11,13H,1-9H2,(H,14,15). The Morgan fingerprint density at radius 3 is 2.59 bits per heavy atom. The number of amides is 1. The van der Waals surface area contributed by atoms with E-state index in [9.17, 15) is 4.79 Å². The van der Waals surface area contributed by atoms with Crippen molar-refractivity contribution < 1.29 is 14.4 Å². The molecule has 2 fully saturated rings. The van der Waals surface area contributed by atoms with Crippen molar-refractivity contribution in [3.8, 4) is 0 Å². The number of ether oxygens (including phenoxy) is 1. The minimum absolute atomic E-state index is 0.00916. The lowest BCUT2D eigenvalue weighted by molar-refractivity contribution is -0.125. The van der Waals surface area contributed by atoms with Gasteiger partial charge in [-0.1, -0.05) is 12.8 Å². The van der Waals surface area contributed by atoms with Gasteiger partial charge in [0, 0.05) is 19.3 Å². The molecule has 0 unspecified atom stereocenters. The highest BCUT2D eigenvalue weighted by Gasteiger charge is 2.18. The van der Waals surface area contributed by atoms with Gasteiger partial charge in [0.05, 0.1) is 12.6 Å². The van der Waals surface area contributed by atoms with Crippen molar-refractivity contribution in [3.63, 3.8) is 0 Å². The lowest BCUT2D eigenvalue weighted by Gasteiger charge is -2.23. The van der Waals surface area contributed by atoms with E-state index in [4.69, 9.17) is 9.57 Å². The van der Waals surface area contributed by atoms with Crippen molar-refractivity contribution in [1.82, 2.24) is 10.8 Å². The van der Waals surface area contributed by atoms with Gasteiger partial charge in [0.1, 0.15) is 0 Å². The van der Waals surface area contributed by atoms with Gasteiger partial charge in [-0.2, -0.15) is 5.48 Å². The summed E-state index contributed by atoms with van der Waals surface area (Å²) in [4.78, 5) is 17.0. The fraction of sp³-hybridized carbons (Fsp3) is 0.917. The van der Waals surface area contributed by atoms with Gasteiger partial charge < -0.3 is 10.1 Å². The van der Waals surface area contributed by atoms with Crippen LogP contribution in [0.1, 0.15) is 38.5 Å². The number of carbonyl (C=O) groups is 1. The molecule has 0 aromatic heterocycles. The van der Waals surface area contributed by atoms with Crippen LogP contribution < -0.4 is 10.8 Å². The molecule has 2 N–H and O–H groups in total. The quantitative estimate of drug-likeness (QED) is 0.698. The van der Waals surface area contributed by atoms with E-state index in [0.717, 1.165) is 38.9 Å². The van der Waals surface area contributed by atoms with E-state index in [-0.39, 0.29) is 18.5 Å². The topological polar surface area (TPSA) is 59.6 Å². The molecule has 0 radical (unpaired) electrons. The molecule has 1 heterocycles. The Balaban J connectivity index is 1.53.